The number of aromatic nitrogens is 2. The Morgan fingerprint density at radius 3 is 2.63 bits per heavy atom. The van der Waals surface area contributed by atoms with E-state index in [2.05, 4.69) is 26.1 Å². The van der Waals surface area contributed by atoms with Gasteiger partial charge in [-0.2, -0.15) is 4.98 Å². The molecule has 0 radical (unpaired) electrons. The van der Waals surface area contributed by atoms with Crippen molar-refractivity contribution in [2.24, 2.45) is 0 Å². The van der Waals surface area contributed by atoms with Gasteiger partial charge in [0.1, 0.15) is 5.82 Å². The monoisotopic (exact) mass is 432 g/mol. The summed E-state index contributed by atoms with van der Waals surface area (Å²) in [6.07, 6.45) is -0.125. The molecule has 0 saturated heterocycles. The summed E-state index contributed by atoms with van der Waals surface area (Å²) in [5.41, 5.74) is 1.11. The summed E-state index contributed by atoms with van der Waals surface area (Å²) < 4.78 is 23.8. The number of hydrogen-bond acceptors (Lipinski definition) is 6. The average molecular weight is 433 g/mol. The largest absolute Gasteiger partial charge is 0.456 e. The Morgan fingerprint density at radius 1 is 1.11 bits per heavy atom. The molecule has 0 atom stereocenters. The lowest BCUT2D eigenvalue weighted by Crippen LogP contribution is -2.08. The number of carbonyl (C=O) groups excluding carboxylic acids is 2. The zero-order chi connectivity index (χ0) is 19.2. The molecule has 0 aliphatic carbocycles. The van der Waals surface area contributed by atoms with E-state index in [1.165, 1.54) is 24.3 Å². The first kappa shape index (κ1) is 18.9. The number of carbonyl (C=O) groups is 2. The van der Waals surface area contributed by atoms with Crippen molar-refractivity contribution in [1.82, 2.24) is 10.1 Å². The van der Waals surface area contributed by atoms with Crippen LogP contribution in [0, 0.1) is 5.82 Å². The number of hydrogen-bond donors (Lipinski definition) is 0. The Kier molecular flexibility index (Phi) is 6.08. The van der Waals surface area contributed by atoms with Gasteiger partial charge in [0.2, 0.25) is 5.82 Å². The Bertz CT molecular complexity index is 956. The van der Waals surface area contributed by atoms with E-state index in [1.807, 2.05) is 24.3 Å². The summed E-state index contributed by atoms with van der Waals surface area (Å²) in [6, 6.07) is 12.5. The Balaban J connectivity index is 1.48. The molecule has 0 bridgehead atoms. The molecule has 27 heavy (non-hydrogen) atoms. The minimum absolute atomic E-state index is 0.0302. The SMILES string of the molecule is O=C(CCC(=O)c1ccc(F)cc1)OCc1nc(-c2cccc(Br)c2)no1. The van der Waals surface area contributed by atoms with E-state index in [4.69, 9.17) is 9.26 Å². The molecule has 0 saturated carbocycles. The second kappa shape index (κ2) is 8.68. The summed E-state index contributed by atoms with van der Waals surface area (Å²) in [6.45, 7) is -0.176. The summed E-state index contributed by atoms with van der Waals surface area (Å²) in [4.78, 5) is 27.9. The van der Waals surface area contributed by atoms with Gasteiger partial charge in [0.05, 0.1) is 6.42 Å². The first-order valence-corrected chi connectivity index (χ1v) is 8.83. The number of Topliss-reactive ketones (excluding diaryl/α,β-unsaturated/α-hetero) is 1. The van der Waals surface area contributed by atoms with Crippen LogP contribution in [0.5, 0.6) is 0 Å². The smallest absolute Gasteiger partial charge is 0.306 e. The highest BCUT2D eigenvalue weighted by Gasteiger charge is 2.13. The van der Waals surface area contributed by atoms with Crippen LogP contribution in [0.1, 0.15) is 29.1 Å². The third-order valence-electron chi connectivity index (χ3n) is 3.63. The number of esters is 1. The molecular formula is C19H14BrFN2O4. The van der Waals surface area contributed by atoms with Gasteiger partial charge in [-0.05, 0) is 36.4 Å². The van der Waals surface area contributed by atoms with E-state index < -0.39 is 11.8 Å². The van der Waals surface area contributed by atoms with Gasteiger partial charge in [0.15, 0.2) is 12.4 Å². The van der Waals surface area contributed by atoms with E-state index in [9.17, 15) is 14.0 Å². The molecule has 6 nitrogen and oxygen atoms in total. The van der Waals surface area contributed by atoms with Gasteiger partial charge in [-0.1, -0.05) is 33.2 Å². The van der Waals surface area contributed by atoms with Gasteiger partial charge < -0.3 is 9.26 Å². The van der Waals surface area contributed by atoms with Crippen LogP contribution in [0.4, 0.5) is 4.39 Å². The van der Waals surface area contributed by atoms with Crippen LogP contribution in [0.2, 0.25) is 0 Å². The van der Waals surface area contributed by atoms with Crippen molar-refractivity contribution in [2.75, 3.05) is 0 Å². The van der Waals surface area contributed by atoms with Crippen LogP contribution in [-0.2, 0) is 16.1 Å². The van der Waals surface area contributed by atoms with Gasteiger partial charge in [0, 0.05) is 22.0 Å². The second-order valence-electron chi connectivity index (χ2n) is 5.61. The molecule has 0 amide bonds. The molecule has 0 fully saturated rings. The maximum absolute atomic E-state index is 12.8. The molecule has 138 valence electrons. The van der Waals surface area contributed by atoms with Crippen molar-refractivity contribution < 1.29 is 23.2 Å². The maximum Gasteiger partial charge on any atom is 0.306 e. The molecule has 1 heterocycles. The van der Waals surface area contributed by atoms with Crippen LogP contribution in [-0.4, -0.2) is 21.9 Å². The van der Waals surface area contributed by atoms with Gasteiger partial charge in [0.25, 0.3) is 5.89 Å². The van der Waals surface area contributed by atoms with E-state index >= 15 is 0 Å². The Morgan fingerprint density at radius 2 is 1.89 bits per heavy atom. The molecule has 0 spiro atoms. The van der Waals surface area contributed by atoms with Crippen molar-refractivity contribution in [3.63, 3.8) is 0 Å². The van der Waals surface area contributed by atoms with Crippen LogP contribution in [0.3, 0.4) is 0 Å². The number of ketones is 1. The minimum atomic E-state index is -0.562. The first-order valence-electron chi connectivity index (χ1n) is 8.04. The predicted molar refractivity (Wildman–Crippen MR) is 97.2 cm³/mol. The lowest BCUT2D eigenvalue weighted by molar-refractivity contribution is -0.145. The van der Waals surface area contributed by atoms with E-state index in [-0.39, 0.29) is 31.1 Å². The lowest BCUT2D eigenvalue weighted by atomic mass is 10.1. The van der Waals surface area contributed by atoms with Crippen molar-refractivity contribution in [3.05, 3.63) is 70.3 Å². The van der Waals surface area contributed by atoms with Crippen molar-refractivity contribution >= 4 is 27.7 Å². The Labute approximate surface area is 162 Å². The van der Waals surface area contributed by atoms with Crippen molar-refractivity contribution in [3.8, 4) is 11.4 Å². The fraction of sp³-hybridized carbons (Fsp3) is 0.158. The van der Waals surface area contributed by atoms with Crippen LogP contribution in [0.15, 0.2) is 57.5 Å². The summed E-state index contributed by atoms with van der Waals surface area (Å²) in [5, 5.41) is 3.84. The van der Waals surface area contributed by atoms with Crippen LogP contribution < -0.4 is 0 Å². The number of halogens is 2. The molecule has 3 aromatic rings. The quantitative estimate of drug-likeness (QED) is 0.407. The normalized spacial score (nSPS) is 10.6. The van der Waals surface area contributed by atoms with Crippen LogP contribution >= 0.6 is 15.9 Å². The molecule has 1 aromatic heterocycles. The first-order chi connectivity index (χ1) is 13.0. The van der Waals surface area contributed by atoms with Crippen molar-refractivity contribution in [1.29, 1.82) is 0 Å². The highest BCUT2D eigenvalue weighted by Crippen LogP contribution is 2.20. The average Bonchev–Trinajstić information content (AvgIpc) is 3.14. The molecule has 0 aliphatic rings. The zero-order valence-corrected chi connectivity index (χ0v) is 15.6. The van der Waals surface area contributed by atoms with Gasteiger partial charge >= 0.3 is 5.97 Å². The number of rotatable bonds is 7. The molecule has 0 aliphatic heterocycles. The lowest BCUT2D eigenvalue weighted by Gasteiger charge is -2.02. The molecular weight excluding hydrogens is 419 g/mol. The molecule has 0 unspecified atom stereocenters. The second-order valence-corrected chi connectivity index (χ2v) is 6.53. The third-order valence-corrected chi connectivity index (χ3v) is 4.12. The topological polar surface area (TPSA) is 82.3 Å². The van der Waals surface area contributed by atoms with Gasteiger partial charge in [-0.3, -0.25) is 9.59 Å². The highest BCUT2D eigenvalue weighted by molar-refractivity contribution is 9.10. The number of benzene rings is 2. The van der Waals surface area contributed by atoms with Crippen LogP contribution in [0.25, 0.3) is 11.4 Å². The molecule has 3 rings (SSSR count). The summed E-state index contributed by atoms with van der Waals surface area (Å²) in [5.74, 6) is -0.709. The minimum Gasteiger partial charge on any atom is -0.456 e. The summed E-state index contributed by atoms with van der Waals surface area (Å²) in [7, 11) is 0. The number of ether oxygens (including phenoxy) is 1. The molecule has 0 N–H and O–H groups in total. The van der Waals surface area contributed by atoms with Gasteiger partial charge in [-0.25, -0.2) is 4.39 Å². The molecule has 8 heteroatoms. The molecule has 2 aromatic carbocycles. The zero-order valence-electron chi connectivity index (χ0n) is 14.0. The highest BCUT2D eigenvalue weighted by atomic mass is 79.9. The predicted octanol–water partition coefficient (Wildman–Crippen LogP) is 4.34. The fourth-order valence-corrected chi connectivity index (χ4v) is 2.67. The van der Waals surface area contributed by atoms with E-state index in [0.29, 0.717) is 11.4 Å². The van der Waals surface area contributed by atoms with Gasteiger partial charge in [-0.15, -0.1) is 0 Å². The fourth-order valence-electron chi connectivity index (χ4n) is 2.27. The Hall–Kier alpha value is -2.87. The summed E-state index contributed by atoms with van der Waals surface area (Å²) >= 11 is 3.36. The third kappa shape index (κ3) is 5.30. The standard InChI is InChI=1S/C19H14BrFN2O4/c20-14-3-1-2-13(10-14)19-22-17(27-23-19)11-26-18(25)9-8-16(24)12-4-6-15(21)7-5-12/h1-7,10H,8-9,11H2. The van der Waals surface area contributed by atoms with Crippen molar-refractivity contribution in [2.45, 2.75) is 19.4 Å². The maximum atomic E-state index is 12.8. The van der Waals surface area contributed by atoms with E-state index in [0.717, 1.165) is 10.0 Å². The number of nitrogens with zero attached hydrogens (tertiary/aromatic N) is 2. The van der Waals surface area contributed by atoms with E-state index in [1.54, 1.807) is 0 Å².